The second-order valence-electron chi connectivity index (χ2n) is 12.1. The van der Waals surface area contributed by atoms with Gasteiger partial charge in [-0.2, -0.15) is 0 Å². The molecule has 2 amide bonds. The first kappa shape index (κ1) is 28.6. The molecule has 2 aromatic carbocycles. The van der Waals surface area contributed by atoms with E-state index >= 15 is 0 Å². The Kier molecular flexibility index (Phi) is 8.25. The van der Waals surface area contributed by atoms with Crippen molar-refractivity contribution in [3.05, 3.63) is 64.4 Å². The lowest BCUT2D eigenvalue weighted by molar-refractivity contribution is -0.135. The molecule has 3 atom stereocenters. The van der Waals surface area contributed by atoms with E-state index in [0.717, 1.165) is 53.1 Å². The van der Waals surface area contributed by atoms with E-state index in [1.54, 1.807) is 7.11 Å². The normalized spacial score (nSPS) is 19.3. The van der Waals surface area contributed by atoms with Gasteiger partial charge >= 0.3 is 0 Å². The molecule has 2 fully saturated rings. The summed E-state index contributed by atoms with van der Waals surface area (Å²) in [4.78, 5) is 35.1. The Morgan fingerprint density at radius 3 is 2.60 bits per heavy atom. The van der Waals surface area contributed by atoms with Gasteiger partial charge in [0.05, 0.1) is 23.1 Å². The number of fused-ring (bicyclic) bond motifs is 1. The molecule has 5 rings (SSSR count). The molecule has 0 spiro atoms. The van der Waals surface area contributed by atoms with E-state index in [1.165, 1.54) is 18.4 Å². The van der Waals surface area contributed by atoms with Crippen LogP contribution in [0.2, 0.25) is 5.02 Å². The number of nitrogens with zero attached hydrogens (tertiary/aromatic N) is 1. The third kappa shape index (κ3) is 5.64. The molecule has 2 saturated carbocycles. The van der Waals surface area contributed by atoms with Crippen molar-refractivity contribution >= 4 is 34.4 Å². The average Bonchev–Trinajstić information content (AvgIpc) is 3.51. The van der Waals surface area contributed by atoms with Gasteiger partial charge in [0.1, 0.15) is 11.9 Å². The molecule has 7 nitrogen and oxygen atoms in total. The molecule has 0 aliphatic heterocycles. The Balaban J connectivity index is 1.41. The smallest absolute Gasteiger partial charge is 0.242 e. The summed E-state index contributed by atoms with van der Waals surface area (Å²) in [7, 11) is 1.60. The number of carbonyl (C=O) groups is 2. The second-order valence-corrected chi connectivity index (χ2v) is 12.6. The topological polar surface area (TPSA) is 96.1 Å². The zero-order chi connectivity index (χ0) is 28.5. The number of halogens is 1. The van der Waals surface area contributed by atoms with Crippen molar-refractivity contribution in [1.82, 2.24) is 20.6 Å². The number of methoxy groups -OCH3 is 1. The van der Waals surface area contributed by atoms with Crippen LogP contribution in [0.4, 0.5) is 0 Å². The van der Waals surface area contributed by atoms with Crippen molar-refractivity contribution in [1.29, 1.82) is 0 Å². The Morgan fingerprint density at radius 2 is 1.98 bits per heavy atom. The molecular formula is C32H41ClN4O3. The van der Waals surface area contributed by atoms with Gasteiger partial charge in [0, 0.05) is 25.1 Å². The standard InChI is InChI=1S/C32H41ClN4O3/c1-5-34-29(38)28(20-9-8-10-20)37-30(39)32(3,19-40-4)21-13-14-25-26(17-21)36-27(35-25)18-23(31(2)15-16-31)22-11-6-7-12-24(22)33/h6-7,11-14,17,20,23,28H,5,8-10,15-16,18-19H2,1-4H3,(H,34,38)(H,35,36)(H,37,39). The number of carbonyl (C=O) groups excluding carboxylic acids is 2. The number of nitrogens with one attached hydrogen (secondary N) is 3. The van der Waals surface area contributed by atoms with Crippen molar-refractivity contribution in [2.24, 2.45) is 11.3 Å². The summed E-state index contributed by atoms with van der Waals surface area (Å²) in [5, 5.41) is 6.77. The number of H-pyrrole nitrogens is 1. The second kappa shape index (κ2) is 11.5. The molecule has 0 radical (unpaired) electrons. The summed E-state index contributed by atoms with van der Waals surface area (Å²) in [6, 6.07) is 13.5. The first-order valence-corrected chi connectivity index (χ1v) is 14.9. The van der Waals surface area contributed by atoms with Gasteiger partial charge in [-0.25, -0.2) is 4.98 Å². The van der Waals surface area contributed by atoms with Gasteiger partial charge in [-0.3, -0.25) is 9.59 Å². The fourth-order valence-electron chi connectivity index (χ4n) is 6.05. The number of hydrogen-bond acceptors (Lipinski definition) is 4. The number of aromatic amines is 1. The predicted molar refractivity (Wildman–Crippen MR) is 159 cm³/mol. The highest BCUT2D eigenvalue weighted by atomic mass is 35.5. The van der Waals surface area contributed by atoms with Gasteiger partial charge in [-0.05, 0) is 86.1 Å². The van der Waals surface area contributed by atoms with Gasteiger partial charge in [-0.1, -0.05) is 49.2 Å². The largest absolute Gasteiger partial charge is 0.383 e. The van der Waals surface area contributed by atoms with Gasteiger partial charge < -0.3 is 20.4 Å². The van der Waals surface area contributed by atoms with Crippen LogP contribution < -0.4 is 10.6 Å². The van der Waals surface area contributed by atoms with Crippen molar-refractivity contribution in [3.8, 4) is 0 Å². The average molecular weight is 565 g/mol. The summed E-state index contributed by atoms with van der Waals surface area (Å²) in [5.74, 6) is 1.01. The SMILES string of the molecule is CCNC(=O)C(NC(=O)C(C)(COC)c1ccc2nc(CC(c3ccccc3Cl)C3(C)CC3)[nH]c2c1)C1CCC1. The van der Waals surface area contributed by atoms with Gasteiger partial charge in [0.2, 0.25) is 11.8 Å². The molecule has 3 unspecified atom stereocenters. The number of likely N-dealkylation sites (N-methyl/N-ethyl adjacent to an activating group) is 1. The van der Waals surface area contributed by atoms with Crippen LogP contribution >= 0.6 is 11.6 Å². The maximum atomic E-state index is 13.8. The van der Waals surface area contributed by atoms with Crippen LogP contribution in [-0.2, 0) is 26.2 Å². The molecule has 2 aliphatic rings. The molecule has 8 heteroatoms. The minimum Gasteiger partial charge on any atom is -0.383 e. The van der Waals surface area contributed by atoms with E-state index < -0.39 is 11.5 Å². The quantitative estimate of drug-likeness (QED) is 0.264. The first-order valence-electron chi connectivity index (χ1n) is 14.5. The van der Waals surface area contributed by atoms with Crippen LogP contribution in [0, 0.1) is 11.3 Å². The minimum absolute atomic E-state index is 0.119. The molecule has 0 bridgehead atoms. The number of ether oxygens (including phenoxy) is 1. The van der Waals surface area contributed by atoms with Gasteiger partial charge in [0.25, 0.3) is 0 Å². The lowest BCUT2D eigenvalue weighted by Gasteiger charge is -2.36. The van der Waals surface area contributed by atoms with Crippen LogP contribution in [-0.4, -0.2) is 48.1 Å². The highest BCUT2D eigenvalue weighted by Crippen LogP contribution is 2.57. The molecule has 2 aliphatic carbocycles. The van der Waals surface area contributed by atoms with E-state index in [-0.39, 0.29) is 35.7 Å². The summed E-state index contributed by atoms with van der Waals surface area (Å²) >= 11 is 6.63. The van der Waals surface area contributed by atoms with E-state index in [9.17, 15) is 9.59 Å². The van der Waals surface area contributed by atoms with Gasteiger partial charge in [0.15, 0.2) is 0 Å². The number of imidazole rings is 1. The zero-order valence-electron chi connectivity index (χ0n) is 24.0. The zero-order valence-corrected chi connectivity index (χ0v) is 24.7. The van der Waals surface area contributed by atoms with E-state index in [2.05, 4.69) is 28.6 Å². The van der Waals surface area contributed by atoms with E-state index in [0.29, 0.717) is 6.54 Å². The van der Waals surface area contributed by atoms with Crippen LogP contribution in [0.3, 0.4) is 0 Å². The molecule has 3 N–H and O–H groups in total. The summed E-state index contributed by atoms with van der Waals surface area (Å²) in [5.41, 5.74) is 2.95. The third-order valence-electron chi connectivity index (χ3n) is 9.20. The Bertz CT molecular complexity index is 1380. The lowest BCUT2D eigenvalue weighted by atomic mass is 9.77. The lowest BCUT2D eigenvalue weighted by Crippen LogP contribution is -2.57. The summed E-state index contributed by atoms with van der Waals surface area (Å²) in [6.07, 6.45) is 6.09. The van der Waals surface area contributed by atoms with Gasteiger partial charge in [-0.15, -0.1) is 0 Å². The van der Waals surface area contributed by atoms with E-state index in [1.807, 2.05) is 50.2 Å². The summed E-state index contributed by atoms with van der Waals surface area (Å²) in [6.45, 7) is 6.81. The van der Waals surface area contributed by atoms with Crippen molar-refractivity contribution < 1.29 is 14.3 Å². The maximum absolute atomic E-state index is 13.8. The van der Waals surface area contributed by atoms with E-state index in [4.69, 9.17) is 21.3 Å². The Hall–Kier alpha value is -2.90. The number of hydrogen-bond donors (Lipinski definition) is 3. The fourth-order valence-corrected chi connectivity index (χ4v) is 6.32. The minimum atomic E-state index is -0.982. The molecule has 1 aromatic heterocycles. The molecule has 40 heavy (non-hydrogen) atoms. The molecule has 214 valence electrons. The number of amides is 2. The van der Waals surface area contributed by atoms with Crippen LogP contribution in [0.25, 0.3) is 11.0 Å². The Labute approximate surface area is 241 Å². The van der Waals surface area contributed by atoms with Crippen molar-refractivity contribution in [3.63, 3.8) is 0 Å². The molecule has 3 aromatic rings. The Morgan fingerprint density at radius 1 is 1.23 bits per heavy atom. The monoisotopic (exact) mass is 564 g/mol. The molecule has 1 heterocycles. The molecular weight excluding hydrogens is 524 g/mol. The predicted octanol–water partition coefficient (Wildman–Crippen LogP) is 5.67. The molecule has 0 saturated heterocycles. The van der Waals surface area contributed by atoms with Crippen molar-refractivity contribution in [2.75, 3.05) is 20.3 Å². The highest BCUT2D eigenvalue weighted by molar-refractivity contribution is 6.31. The maximum Gasteiger partial charge on any atom is 0.242 e. The highest BCUT2D eigenvalue weighted by Gasteiger charge is 2.46. The number of aromatic nitrogens is 2. The van der Waals surface area contributed by atoms with Crippen LogP contribution in [0.5, 0.6) is 0 Å². The number of rotatable bonds is 12. The van der Waals surface area contributed by atoms with Crippen molar-refractivity contribution in [2.45, 2.75) is 76.7 Å². The third-order valence-corrected chi connectivity index (χ3v) is 9.55. The van der Waals surface area contributed by atoms with Crippen LogP contribution in [0.15, 0.2) is 42.5 Å². The fraction of sp³-hybridized carbons (Fsp3) is 0.531. The first-order chi connectivity index (χ1) is 19.2. The number of benzene rings is 2. The summed E-state index contributed by atoms with van der Waals surface area (Å²) < 4.78 is 5.55. The van der Waals surface area contributed by atoms with Crippen LogP contribution in [0.1, 0.15) is 75.7 Å².